The summed E-state index contributed by atoms with van der Waals surface area (Å²) < 4.78 is 4.49. The Morgan fingerprint density at radius 2 is 1.87 bits per heavy atom. The fraction of sp³-hybridized carbons (Fsp3) is 0.714. The van der Waals surface area contributed by atoms with Gasteiger partial charge in [-0.25, -0.2) is 4.79 Å². The molecular weight excluding hydrogens is 208 g/mol. The van der Waals surface area contributed by atoms with Crippen LogP contribution in [0.25, 0.3) is 0 Å². The van der Waals surface area contributed by atoms with Crippen molar-refractivity contribution in [2.24, 2.45) is 11.5 Å². The van der Waals surface area contributed by atoms with E-state index in [0.29, 0.717) is 0 Å². The number of ether oxygens (including phenoxy) is 1. The first-order valence-corrected chi connectivity index (χ1v) is 4.11. The van der Waals surface area contributed by atoms with Gasteiger partial charge in [-0.3, -0.25) is 9.68 Å². The molecule has 3 atom stereocenters. The van der Waals surface area contributed by atoms with E-state index in [1.807, 2.05) is 0 Å². The highest BCUT2D eigenvalue weighted by Crippen LogP contribution is 1.94. The number of hydrogen-bond acceptors (Lipinski definition) is 8. The highest BCUT2D eigenvalue weighted by atomic mass is 17.1. The van der Waals surface area contributed by atoms with Crippen molar-refractivity contribution in [1.82, 2.24) is 0 Å². The molecule has 8 heteroatoms. The summed E-state index contributed by atoms with van der Waals surface area (Å²) in [6.45, 7) is 0.826. The van der Waals surface area contributed by atoms with Crippen molar-refractivity contribution in [3.8, 4) is 0 Å². The molecule has 0 aromatic rings. The van der Waals surface area contributed by atoms with E-state index in [1.54, 1.807) is 0 Å². The molecule has 6 N–H and O–H groups in total. The Morgan fingerprint density at radius 1 is 1.33 bits per heavy atom. The summed E-state index contributed by atoms with van der Waals surface area (Å²) in [7, 11) is 0. The zero-order chi connectivity index (χ0) is 12.0. The molecule has 8 nitrogen and oxygen atoms in total. The molecule has 0 amide bonds. The normalized spacial score (nSPS) is 16.3. The van der Waals surface area contributed by atoms with Crippen molar-refractivity contribution in [2.45, 2.75) is 25.1 Å². The standard InChI is InChI=1S/C7H14N2O6/c1-3(10)5(9)7(12)14-2-4(8)6(11)15-13/h3-5,10,13H,2,8-9H2,1H3/t3-,4+,5+/m1/s1. The molecule has 0 aliphatic carbocycles. The summed E-state index contributed by atoms with van der Waals surface area (Å²) in [6, 6.07) is -2.50. The Bertz CT molecular complexity index is 232. The molecule has 0 aromatic carbocycles. The lowest BCUT2D eigenvalue weighted by atomic mass is 10.2. The average Bonchev–Trinajstić information content (AvgIpc) is 2.22. The van der Waals surface area contributed by atoms with E-state index in [1.165, 1.54) is 6.92 Å². The van der Waals surface area contributed by atoms with Gasteiger partial charge in [0.15, 0.2) is 0 Å². The summed E-state index contributed by atoms with van der Waals surface area (Å²) in [5.41, 5.74) is 10.4. The van der Waals surface area contributed by atoms with E-state index in [-0.39, 0.29) is 0 Å². The summed E-state index contributed by atoms with van der Waals surface area (Å²) in [5, 5.41) is 16.9. The minimum absolute atomic E-state index is 0.487. The Hall–Kier alpha value is -1.22. The van der Waals surface area contributed by atoms with Gasteiger partial charge in [0, 0.05) is 0 Å². The minimum Gasteiger partial charge on any atom is -0.462 e. The third-order valence-electron chi connectivity index (χ3n) is 1.59. The van der Waals surface area contributed by atoms with Crippen LogP contribution in [0.5, 0.6) is 0 Å². The number of rotatable bonds is 5. The molecule has 0 heterocycles. The van der Waals surface area contributed by atoms with Crippen LogP contribution in [-0.2, 0) is 19.2 Å². The van der Waals surface area contributed by atoms with Crippen molar-refractivity contribution >= 4 is 11.9 Å². The molecule has 88 valence electrons. The zero-order valence-electron chi connectivity index (χ0n) is 8.12. The predicted octanol–water partition coefficient (Wildman–Crippen LogP) is -2.42. The van der Waals surface area contributed by atoms with Gasteiger partial charge in [0.25, 0.3) is 0 Å². The fourth-order valence-corrected chi connectivity index (χ4v) is 0.601. The number of aliphatic hydroxyl groups is 1. The minimum atomic E-state index is -1.29. The quantitative estimate of drug-likeness (QED) is 0.228. The first-order valence-electron chi connectivity index (χ1n) is 4.11. The number of esters is 1. The number of carbonyl (C=O) groups is 2. The van der Waals surface area contributed by atoms with Crippen LogP contribution in [0.1, 0.15) is 6.92 Å². The van der Waals surface area contributed by atoms with Gasteiger partial charge in [-0.2, -0.15) is 5.26 Å². The summed E-state index contributed by atoms with van der Waals surface area (Å²) in [5.74, 6) is -2.03. The number of carbonyl (C=O) groups excluding carboxylic acids is 2. The van der Waals surface area contributed by atoms with Crippen molar-refractivity contribution in [3.05, 3.63) is 0 Å². The van der Waals surface area contributed by atoms with Gasteiger partial charge in [0.2, 0.25) is 0 Å². The number of hydrogen-bond donors (Lipinski definition) is 4. The van der Waals surface area contributed by atoms with Crippen LogP contribution in [0.2, 0.25) is 0 Å². The van der Waals surface area contributed by atoms with Crippen LogP contribution in [0.4, 0.5) is 0 Å². The topological polar surface area (TPSA) is 145 Å². The molecule has 0 rings (SSSR count). The van der Waals surface area contributed by atoms with Crippen LogP contribution >= 0.6 is 0 Å². The van der Waals surface area contributed by atoms with E-state index in [0.717, 1.165) is 0 Å². The first kappa shape index (κ1) is 13.8. The van der Waals surface area contributed by atoms with Crippen molar-refractivity contribution < 1.29 is 29.6 Å². The molecule has 0 aliphatic heterocycles. The predicted molar refractivity (Wildman–Crippen MR) is 47.3 cm³/mol. The van der Waals surface area contributed by atoms with Crippen LogP contribution in [-0.4, -0.2) is 47.1 Å². The largest absolute Gasteiger partial charge is 0.462 e. The highest BCUT2D eigenvalue weighted by Gasteiger charge is 2.23. The molecule has 0 aliphatic rings. The summed E-state index contributed by atoms with van der Waals surface area (Å²) >= 11 is 0. The number of aliphatic hydroxyl groups excluding tert-OH is 1. The zero-order valence-corrected chi connectivity index (χ0v) is 8.12. The second kappa shape index (κ2) is 6.30. The molecule has 0 fully saturated rings. The van der Waals surface area contributed by atoms with Crippen molar-refractivity contribution in [2.75, 3.05) is 6.61 Å². The van der Waals surface area contributed by atoms with Crippen molar-refractivity contribution in [3.63, 3.8) is 0 Å². The lowest BCUT2D eigenvalue weighted by molar-refractivity contribution is -0.236. The molecule has 0 radical (unpaired) electrons. The van der Waals surface area contributed by atoms with Gasteiger partial charge in [0.1, 0.15) is 18.7 Å². The Balaban J connectivity index is 3.95. The molecule has 15 heavy (non-hydrogen) atoms. The average molecular weight is 222 g/mol. The van der Waals surface area contributed by atoms with Gasteiger partial charge >= 0.3 is 11.9 Å². The molecule has 0 bridgehead atoms. The van der Waals surface area contributed by atoms with Gasteiger partial charge < -0.3 is 21.3 Å². The second-order valence-electron chi connectivity index (χ2n) is 2.91. The maximum atomic E-state index is 11.0. The maximum absolute atomic E-state index is 11.0. The SMILES string of the molecule is C[C@@H](O)[C@H](N)C(=O)OC[C@H](N)C(=O)OO. The molecule has 0 unspecified atom stereocenters. The molecular formula is C7H14N2O6. The van der Waals surface area contributed by atoms with Gasteiger partial charge in [-0.05, 0) is 6.92 Å². The smallest absolute Gasteiger partial charge is 0.362 e. The van der Waals surface area contributed by atoms with Gasteiger partial charge in [-0.1, -0.05) is 0 Å². The first-order chi connectivity index (χ1) is 6.90. The lowest BCUT2D eigenvalue weighted by Crippen LogP contribution is -2.44. The Labute approximate surface area is 85.7 Å². The lowest BCUT2D eigenvalue weighted by Gasteiger charge is -2.14. The molecule has 0 saturated heterocycles. The van der Waals surface area contributed by atoms with E-state index < -0.39 is 36.7 Å². The molecule has 0 spiro atoms. The summed E-state index contributed by atoms with van der Waals surface area (Å²) in [4.78, 5) is 24.9. The van der Waals surface area contributed by atoms with E-state index in [4.69, 9.17) is 21.8 Å². The van der Waals surface area contributed by atoms with E-state index in [2.05, 4.69) is 9.62 Å². The third kappa shape index (κ3) is 4.70. The number of nitrogens with two attached hydrogens (primary N) is 2. The van der Waals surface area contributed by atoms with Crippen LogP contribution in [0, 0.1) is 0 Å². The van der Waals surface area contributed by atoms with Crippen LogP contribution in [0.15, 0.2) is 0 Å². The second-order valence-corrected chi connectivity index (χ2v) is 2.91. The Morgan fingerprint density at radius 3 is 2.27 bits per heavy atom. The van der Waals surface area contributed by atoms with Gasteiger partial charge in [0.05, 0.1) is 6.10 Å². The molecule has 0 saturated carbocycles. The fourth-order valence-electron chi connectivity index (χ4n) is 0.601. The maximum Gasteiger partial charge on any atom is 0.362 e. The summed E-state index contributed by atoms with van der Waals surface area (Å²) in [6.07, 6.45) is -1.07. The highest BCUT2D eigenvalue weighted by molar-refractivity contribution is 5.78. The van der Waals surface area contributed by atoms with Gasteiger partial charge in [-0.15, -0.1) is 0 Å². The van der Waals surface area contributed by atoms with E-state index in [9.17, 15) is 9.59 Å². The third-order valence-corrected chi connectivity index (χ3v) is 1.59. The van der Waals surface area contributed by atoms with Crippen molar-refractivity contribution in [1.29, 1.82) is 0 Å². The Kier molecular flexibility index (Phi) is 5.79. The van der Waals surface area contributed by atoms with Crippen LogP contribution in [0.3, 0.4) is 0 Å². The molecule has 0 aromatic heterocycles. The van der Waals surface area contributed by atoms with Crippen LogP contribution < -0.4 is 11.5 Å². The monoisotopic (exact) mass is 222 g/mol. The van der Waals surface area contributed by atoms with E-state index >= 15 is 0 Å².